The first-order valence-electron chi connectivity index (χ1n) is 25.4. The largest absolute Gasteiger partial charge is 0.365 e. The molecule has 6 saturated carbocycles. The summed E-state index contributed by atoms with van der Waals surface area (Å²) >= 11 is 0. The van der Waals surface area contributed by atoms with Crippen LogP contribution in [-0.4, -0.2) is 21.8 Å². The van der Waals surface area contributed by atoms with Gasteiger partial charge in [-0.05, 0) is 170 Å². The maximum absolute atomic E-state index is 12.3. The molecule has 8 rings (SSSR count). The molecule has 0 spiro atoms. The lowest BCUT2D eigenvalue weighted by molar-refractivity contribution is -0.349. The van der Waals surface area contributed by atoms with Gasteiger partial charge in [0.15, 0.2) is 11.6 Å². The van der Waals surface area contributed by atoms with E-state index in [-0.39, 0.29) is 10.8 Å². The molecular formula is C54H90O3. The van der Waals surface area contributed by atoms with E-state index in [1.165, 1.54) is 114 Å². The zero-order chi connectivity index (χ0) is 40.8. The molecule has 0 radical (unpaired) electrons. The molecule has 0 saturated heterocycles. The molecule has 8 unspecified atom stereocenters. The van der Waals surface area contributed by atoms with Gasteiger partial charge in [-0.15, -0.1) is 0 Å². The van der Waals surface area contributed by atoms with E-state index in [1.807, 2.05) is 0 Å². The lowest BCUT2D eigenvalue weighted by Crippen LogP contribution is -2.56. The quantitative estimate of drug-likeness (QED) is 0.153. The monoisotopic (exact) mass is 787 g/mol. The lowest BCUT2D eigenvalue weighted by atomic mass is 9.46. The fourth-order valence-corrected chi connectivity index (χ4v) is 17.8. The normalized spacial score (nSPS) is 48.9. The predicted molar refractivity (Wildman–Crippen MR) is 237 cm³/mol. The minimum atomic E-state index is -1.27. The van der Waals surface area contributed by atoms with Crippen molar-refractivity contribution in [3.05, 3.63) is 23.3 Å². The molecule has 0 bridgehead atoms. The highest BCUT2D eigenvalue weighted by atomic mass is 16.7. The van der Waals surface area contributed by atoms with Gasteiger partial charge < -0.3 is 14.9 Å². The van der Waals surface area contributed by atoms with Crippen LogP contribution >= 0.6 is 0 Å². The Bertz CT molecular complexity index is 1400. The highest BCUT2D eigenvalue weighted by molar-refractivity contribution is 5.29. The van der Waals surface area contributed by atoms with E-state index in [1.54, 1.807) is 0 Å². The molecule has 0 aromatic heterocycles. The molecule has 6 fully saturated rings. The van der Waals surface area contributed by atoms with Crippen molar-refractivity contribution in [3.8, 4) is 0 Å². The second-order valence-electron chi connectivity index (χ2n) is 24.9. The van der Waals surface area contributed by atoms with Gasteiger partial charge >= 0.3 is 0 Å². The van der Waals surface area contributed by atoms with Crippen molar-refractivity contribution in [2.75, 3.05) is 0 Å². The van der Waals surface area contributed by atoms with Gasteiger partial charge in [-0.25, -0.2) is 0 Å². The molecule has 8 aliphatic carbocycles. The highest BCUT2D eigenvalue weighted by Crippen LogP contribution is 2.70. The van der Waals surface area contributed by atoms with E-state index in [0.29, 0.717) is 36.5 Å². The SMILES string of the molecule is CC(C)CCC[C@@H](C)[C@H]1CCC2C3CC=C4CC(O)(OC5(O)CC[C@@]6(C)C(=CCC7C6CC[C@@]6(C)C7CC[C@@H]6[C@H](C)CCCC(C)C)C5)CC[C@]4(C)C3CC[C@@]21C. The molecular weight excluding hydrogens is 697 g/mol. The molecule has 324 valence electrons. The number of rotatable bonds is 12. The van der Waals surface area contributed by atoms with Crippen LogP contribution in [0.15, 0.2) is 23.3 Å². The third-order valence-electron chi connectivity index (χ3n) is 21.0. The van der Waals surface area contributed by atoms with Crippen molar-refractivity contribution in [1.82, 2.24) is 0 Å². The van der Waals surface area contributed by atoms with E-state index >= 15 is 0 Å². The Morgan fingerprint density at radius 1 is 0.526 bits per heavy atom. The predicted octanol–water partition coefficient (Wildman–Crippen LogP) is 14.5. The summed E-state index contributed by atoms with van der Waals surface area (Å²) in [4.78, 5) is 0. The van der Waals surface area contributed by atoms with Gasteiger partial charge in [0, 0.05) is 25.7 Å². The summed E-state index contributed by atoms with van der Waals surface area (Å²) in [6, 6.07) is 0. The summed E-state index contributed by atoms with van der Waals surface area (Å²) < 4.78 is 6.74. The number of allylic oxidation sites excluding steroid dienone is 2. The zero-order valence-corrected chi connectivity index (χ0v) is 38.9. The summed E-state index contributed by atoms with van der Waals surface area (Å²) in [6.45, 7) is 25.2. The van der Waals surface area contributed by atoms with Crippen molar-refractivity contribution >= 4 is 0 Å². The van der Waals surface area contributed by atoms with E-state index in [9.17, 15) is 10.2 Å². The Kier molecular flexibility index (Phi) is 11.8. The Morgan fingerprint density at radius 3 is 1.32 bits per heavy atom. The number of fused-ring (bicyclic) bond motifs is 10. The minimum absolute atomic E-state index is 0.149. The molecule has 3 nitrogen and oxygen atoms in total. The molecule has 3 heteroatoms. The fourth-order valence-electron chi connectivity index (χ4n) is 17.8. The Hall–Kier alpha value is -0.640. The first-order chi connectivity index (χ1) is 26.8. The van der Waals surface area contributed by atoms with Crippen molar-refractivity contribution < 1.29 is 14.9 Å². The molecule has 16 atom stereocenters. The highest BCUT2D eigenvalue weighted by Gasteiger charge is 2.63. The van der Waals surface area contributed by atoms with Gasteiger partial charge in [0.1, 0.15) is 0 Å². The summed E-state index contributed by atoms with van der Waals surface area (Å²) in [7, 11) is 0. The lowest BCUT2D eigenvalue weighted by Gasteiger charge is -2.60. The van der Waals surface area contributed by atoms with E-state index < -0.39 is 11.6 Å². The van der Waals surface area contributed by atoms with Crippen LogP contribution in [0.4, 0.5) is 0 Å². The summed E-state index contributed by atoms with van der Waals surface area (Å²) in [6.07, 6.45) is 31.4. The molecule has 0 heterocycles. The van der Waals surface area contributed by atoms with Gasteiger partial charge in [-0.3, -0.25) is 0 Å². The first-order valence-corrected chi connectivity index (χ1v) is 25.4. The Labute approximate surface area is 351 Å². The smallest absolute Gasteiger partial charge is 0.172 e. The number of hydrogen-bond donors (Lipinski definition) is 2. The third-order valence-corrected chi connectivity index (χ3v) is 21.0. The van der Waals surface area contributed by atoms with Crippen LogP contribution < -0.4 is 0 Å². The molecule has 2 N–H and O–H groups in total. The van der Waals surface area contributed by atoms with Crippen LogP contribution in [0.3, 0.4) is 0 Å². The Balaban J connectivity index is 0.910. The summed E-state index contributed by atoms with van der Waals surface area (Å²) in [5.74, 6) is 7.22. The van der Waals surface area contributed by atoms with E-state index in [4.69, 9.17) is 4.74 Å². The summed E-state index contributed by atoms with van der Waals surface area (Å²) in [5.41, 5.74) is 4.17. The van der Waals surface area contributed by atoms with Crippen LogP contribution in [0.1, 0.15) is 210 Å². The van der Waals surface area contributed by atoms with Crippen LogP contribution in [0.25, 0.3) is 0 Å². The summed E-state index contributed by atoms with van der Waals surface area (Å²) in [5, 5.41) is 24.6. The van der Waals surface area contributed by atoms with Gasteiger partial charge in [0.05, 0.1) is 0 Å². The van der Waals surface area contributed by atoms with Crippen LogP contribution in [0, 0.1) is 92.7 Å². The Morgan fingerprint density at radius 2 is 0.930 bits per heavy atom. The molecule has 0 amide bonds. The van der Waals surface area contributed by atoms with Crippen LogP contribution in [0.5, 0.6) is 0 Å². The minimum Gasteiger partial charge on any atom is -0.365 e. The number of ether oxygens (including phenoxy) is 1. The van der Waals surface area contributed by atoms with Gasteiger partial charge in [0.25, 0.3) is 0 Å². The van der Waals surface area contributed by atoms with Crippen LogP contribution in [-0.2, 0) is 4.74 Å². The average molecular weight is 787 g/mol. The fraction of sp³-hybridized carbons (Fsp3) is 0.926. The maximum Gasteiger partial charge on any atom is 0.172 e. The van der Waals surface area contributed by atoms with Crippen molar-refractivity contribution in [3.63, 3.8) is 0 Å². The third kappa shape index (κ3) is 7.46. The zero-order valence-electron chi connectivity index (χ0n) is 38.9. The standard InChI is InChI=1S/C54H90O3/c1-35(2)13-11-15-37(5)43-21-23-45-41-19-17-39-33-53(55,31-29-49(39,7)47(41)25-27-51(43,45)9)57-54(56)32-30-50(8)40(34-54)18-20-42-46-24-22-44(38(6)16-12-14-36(3)4)52(46,10)28-26-48(42)50/h17-18,35-38,41-48,55-56H,11-16,19-34H2,1-10H3/t37-,38-,41?,42?,43-,44-,45?,46?,47?,48?,49+,50+,51-,52-,53?,54?/m1/s1. The number of hydrogen-bond acceptors (Lipinski definition) is 3. The molecule has 8 aliphatic rings. The molecule has 57 heavy (non-hydrogen) atoms. The van der Waals surface area contributed by atoms with Crippen molar-refractivity contribution in [2.45, 2.75) is 222 Å². The molecule has 0 aromatic carbocycles. The second-order valence-corrected chi connectivity index (χ2v) is 24.9. The second kappa shape index (κ2) is 15.6. The van der Waals surface area contributed by atoms with Gasteiger partial charge in [0.2, 0.25) is 0 Å². The van der Waals surface area contributed by atoms with Crippen molar-refractivity contribution in [2.24, 2.45) is 92.7 Å². The topological polar surface area (TPSA) is 49.7 Å². The van der Waals surface area contributed by atoms with Gasteiger partial charge in [-0.2, -0.15) is 0 Å². The average Bonchev–Trinajstić information content (AvgIpc) is 3.69. The molecule has 0 aromatic rings. The van der Waals surface area contributed by atoms with Crippen molar-refractivity contribution in [1.29, 1.82) is 0 Å². The maximum atomic E-state index is 12.3. The van der Waals surface area contributed by atoms with Crippen LogP contribution in [0.2, 0.25) is 0 Å². The first kappa shape index (κ1) is 43.0. The van der Waals surface area contributed by atoms with E-state index in [0.717, 1.165) is 83.9 Å². The number of aliphatic hydroxyl groups is 2. The van der Waals surface area contributed by atoms with E-state index in [2.05, 4.69) is 81.4 Å². The van der Waals surface area contributed by atoms with Gasteiger partial charge in [-0.1, -0.05) is 131 Å². The molecule has 0 aliphatic heterocycles.